The van der Waals surface area contributed by atoms with Crippen LogP contribution in [0.4, 0.5) is 0 Å². The van der Waals surface area contributed by atoms with Crippen LogP contribution in [0.25, 0.3) is 6.08 Å². The predicted molar refractivity (Wildman–Crippen MR) is 70.6 cm³/mol. The standard InChI is InChI=1S/C14H18N2/c1-13(16-15-2)9-5-3-6-10-14-11-7-4-8-12-14/h3-12,15-16H,1-2H3/b5-3-,10-6+,13-9+. The maximum Gasteiger partial charge on any atom is 0.0230 e. The van der Waals surface area contributed by atoms with Crippen LogP contribution in [0.5, 0.6) is 0 Å². The van der Waals surface area contributed by atoms with E-state index in [0.717, 1.165) is 5.70 Å². The largest absolute Gasteiger partial charge is 0.326 e. The molecule has 0 bridgehead atoms. The lowest BCUT2D eigenvalue weighted by atomic mass is 10.2. The van der Waals surface area contributed by atoms with E-state index in [1.54, 1.807) is 0 Å². The SMILES string of the molecule is CNN/C(C)=C/C=C\C=C\c1ccccc1. The molecule has 0 saturated carbocycles. The van der Waals surface area contributed by atoms with E-state index in [1.807, 2.05) is 56.5 Å². The van der Waals surface area contributed by atoms with Gasteiger partial charge in [-0.2, -0.15) is 0 Å². The molecule has 0 atom stereocenters. The molecule has 0 radical (unpaired) electrons. The lowest BCUT2D eigenvalue weighted by Gasteiger charge is -2.00. The van der Waals surface area contributed by atoms with Gasteiger partial charge in [-0.05, 0) is 18.6 Å². The second-order valence-electron chi connectivity index (χ2n) is 3.38. The summed E-state index contributed by atoms with van der Waals surface area (Å²) in [6, 6.07) is 10.2. The third kappa shape index (κ3) is 5.17. The quantitative estimate of drug-likeness (QED) is 0.581. The Bertz CT molecular complexity index is 375. The monoisotopic (exact) mass is 214 g/mol. The molecule has 0 aromatic heterocycles. The van der Waals surface area contributed by atoms with Crippen LogP contribution >= 0.6 is 0 Å². The number of rotatable bonds is 5. The Kier molecular flexibility index (Phi) is 5.74. The molecular formula is C14H18N2. The molecule has 2 N–H and O–H groups in total. The van der Waals surface area contributed by atoms with Crippen molar-refractivity contribution in [1.29, 1.82) is 0 Å². The summed E-state index contributed by atoms with van der Waals surface area (Å²) in [6.07, 6.45) is 10.1. The first-order chi connectivity index (χ1) is 7.83. The first-order valence-electron chi connectivity index (χ1n) is 5.32. The lowest BCUT2D eigenvalue weighted by Crippen LogP contribution is -2.24. The number of nitrogens with one attached hydrogen (secondary N) is 2. The third-order valence-electron chi connectivity index (χ3n) is 1.98. The van der Waals surface area contributed by atoms with Gasteiger partial charge in [0.25, 0.3) is 0 Å². The van der Waals surface area contributed by atoms with Crippen molar-refractivity contribution in [2.45, 2.75) is 6.92 Å². The Labute approximate surface area is 97.4 Å². The molecule has 0 aliphatic carbocycles. The smallest absolute Gasteiger partial charge is 0.0230 e. The van der Waals surface area contributed by atoms with Crippen molar-refractivity contribution in [2.24, 2.45) is 0 Å². The first kappa shape index (κ1) is 12.3. The molecule has 1 aromatic carbocycles. The number of hydrogen-bond acceptors (Lipinski definition) is 2. The summed E-state index contributed by atoms with van der Waals surface area (Å²) in [5.74, 6) is 0. The van der Waals surface area contributed by atoms with Crippen LogP contribution in [0.3, 0.4) is 0 Å². The zero-order valence-corrected chi connectivity index (χ0v) is 9.77. The highest BCUT2D eigenvalue weighted by atomic mass is 15.3. The highest BCUT2D eigenvalue weighted by Crippen LogP contribution is 2.00. The summed E-state index contributed by atoms with van der Waals surface area (Å²) in [5, 5.41) is 0. The molecule has 84 valence electrons. The van der Waals surface area contributed by atoms with Crippen molar-refractivity contribution in [2.75, 3.05) is 7.05 Å². The van der Waals surface area contributed by atoms with E-state index in [9.17, 15) is 0 Å². The van der Waals surface area contributed by atoms with Gasteiger partial charge >= 0.3 is 0 Å². The zero-order chi connectivity index (χ0) is 11.6. The second kappa shape index (κ2) is 7.49. The van der Waals surface area contributed by atoms with Gasteiger partial charge in [-0.3, -0.25) is 0 Å². The molecule has 2 heteroatoms. The van der Waals surface area contributed by atoms with Crippen molar-refractivity contribution in [3.05, 3.63) is 65.9 Å². The Morgan fingerprint density at radius 2 is 1.81 bits per heavy atom. The van der Waals surface area contributed by atoms with Gasteiger partial charge in [0.05, 0.1) is 0 Å². The third-order valence-corrected chi connectivity index (χ3v) is 1.98. The highest BCUT2D eigenvalue weighted by molar-refractivity contribution is 5.50. The molecular weight excluding hydrogens is 196 g/mol. The first-order valence-corrected chi connectivity index (χ1v) is 5.32. The van der Waals surface area contributed by atoms with Gasteiger partial charge in [-0.1, -0.05) is 54.6 Å². The fourth-order valence-corrected chi connectivity index (χ4v) is 1.23. The van der Waals surface area contributed by atoms with Crippen LogP contribution in [-0.4, -0.2) is 7.05 Å². The van der Waals surface area contributed by atoms with Gasteiger partial charge in [-0.25, -0.2) is 5.43 Å². The van der Waals surface area contributed by atoms with E-state index in [-0.39, 0.29) is 0 Å². The van der Waals surface area contributed by atoms with Crippen LogP contribution in [-0.2, 0) is 0 Å². The average molecular weight is 214 g/mol. The minimum Gasteiger partial charge on any atom is -0.326 e. The topological polar surface area (TPSA) is 24.1 Å². The summed E-state index contributed by atoms with van der Waals surface area (Å²) >= 11 is 0. The zero-order valence-electron chi connectivity index (χ0n) is 9.77. The van der Waals surface area contributed by atoms with E-state index in [4.69, 9.17) is 0 Å². The van der Waals surface area contributed by atoms with Gasteiger partial charge in [0.15, 0.2) is 0 Å². The van der Waals surface area contributed by atoms with Gasteiger partial charge in [0.2, 0.25) is 0 Å². The summed E-state index contributed by atoms with van der Waals surface area (Å²) in [5.41, 5.74) is 8.14. The van der Waals surface area contributed by atoms with Crippen molar-refractivity contribution >= 4 is 6.08 Å². The summed E-state index contributed by atoms with van der Waals surface area (Å²) in [7, 11) is 1.84. The molecule has 0 fully saturated rings. The van der Waals surface area contributed by atoms with Crippen LogP contribution < -0.4 is 10.9 Å². The Hall–Kier alpha value is -1.80. The molecule has 1 rings (SSSR count). The fraction of sp³-hybridized carbons (Fsp3) is 0.143. The minimum atomic E-state index is 1.08. The average Bonchev–Trinajstić information content (AvgIpc) is 2.30. The van der Waals surface area contributed by atoms with Crippen molar-refractivity contribution in [3.8, 4) is 0 Å². The Morgan fingerprint density at radius 1 is 1.06 bits per heavy atom. The number of allylic oxidation sites excluding steroid dienone is 5. The van der Waals surface area contributed by atoms with Crippen molar-refractivity contribution in [1.82, 2.24) is 10.9 Å². The maximum atomic E-state index is 2.99. The molecule has 0 aliphatic heterocycles. The molecule has 0 aliphatic rings. The van der Waals surface area contributed by atoms with E-state index >= 15 is 0 Å². The summed E-state index contributed by atoms with van der Waals surface area (Å²) in [6.45, 7) is 2.00. The van der Waals surface area contributed by atoms with Crippen molar-refractivity contribution < 1.29 is 0 Å². The van der Waals surface area contributed by atoms with E-state index in [1.165, 1.54) is 5.56 Å². The van der Waals surface area contributed by atoms with Crippen LogP contribution in [0.1, 0.15) is 12.5 Å². The number of hydrazine groups is 1. The Morgan fingerprint density at radius 3 is 2.50 bits per heavy atom. The number of hydrogen-bond donors (Lipinski definition) is 2. The molecule has 0 saturated heterocycles. The molecule has 0 amide bonds. The van der Waals surface area contributed by atoms with Gasteiger partial charge < -0.3 is 5.43 Å². The van der Waals surface area contributed by atoms with E-state index < -0.39 is 0 Å². The van der Waals surface area contributed by atoms with E-state index in [2.05, 4.69) is 29.1 Å². The van der Waals surface area contributed by atoms with Crippen LogP contribution in [0, 0.1) is 0 Å². The second-order valence-corrected chi connectivity index (χ2v) is 3.38. The van der Waals surface area contributed by atoms with Crippen molar-refractivity contribution in [3.63, 3.8) is 0 Å². The van der Waals surface area contributed by atoms with Gasteiger partial charge in [0.1, 0.15) is 0 Å². The van der Waals surface area contributed by atoms with Crippen LogP contribution in [0.15, 0.2) is 60.3 Å². The molecule has 16 heavy (non-hydrogen) atoms. The normalized spacial score (nSPS) is 12.5. The molecule has 0 spiro atoms. The van der Waals surface area contributed by atoms with E-state index in [0.29, 0.717) is 0 Å². The Balaban J connectivity index is 2.43. The van der Waals surface area contributed by atoms with Gasteiger partial charge in [0, 0.05) is 12.7 Å². The summed E-state index contributed by atoms with van der Waals surface area (Å²) in [4.78, 5) is 0. The summed E-state index contributed by atoms with van der Waals surface area (Å²) < 4.78 is 0. The molecule has 0 heterocycles. The minimum absolute atomic E-state index is 1.08. The molecule has 0 unspecified atom stereocenters. The molecule has 2 nitrogen and oxygen atoms in total. The molecule has 1 aromatic rings. The van der Waals surface area contributed by atoms with Gasteiger partial charge in [-0.15, -0.1) is 0 Å². The van der Waals surface area contributed by atoms with Crippen LogP contribution in [0.2, 0.25) is 0 Å². The lowest BCUT2D eigenvalue weighted by molar-refractivity contribution is 0.690. The maximum absolute atomic E-state index is 2.99. The number of benzene rings is 1. The fourth-order valence-electron chi connectivity index (χ4n) is 1.23. The highest BCUT2D eigenvalue weighted by Gasteiger charge is 1.80. The predicted octanol–water partition coefficient (Wildman–Crippen LogP) is 2.88.